The summed E-state index contributed by atoms with van der Waals surface area (Å²) >= 11 is 0. The van der Waals surface area contributed by atoms with Crippen molar-refractivity contribution in [3.8, 4) is 23.3 Å². The van der Waals surface area contributed by atoms with Crippen LogP contribution in [0.2, 0.25) is 0 Å². The van der Waals surface area contributed by atoms with Gasteiger partial charge in [0.25, 0.3) is 5.91 Å². The first kappa shape index (κ1) is 19.8. The zero-order valence-corrected chi connectivity index (χ0v) is 15.6. The maximum absolute atomic E-state index is 12.1. The standard InChI is InChI=1S/C21H18N2O6/c1-26-17-5-2-14(3-6-17)10-15(12-22)21(25)29-13-20(24)23-16-4-7-18-19(11-16)28-9-8-27-18/h2-7,10-11H,8-9,13H2,1H3,(H,23,24). The molecule has 1 heterocycles. The average molecular weight is 394 g/mol. The Labute approximate surface area is 167 Å². The highest BCUT2D eigenvalue weighted by Gasteiger charge is 2.15. The molecule has 2 aromatic rings. The average Bonchev–Trinajstić information content (AvgIpc) is 2.76. The van der Waals surface area contributed by atoms with Gasteiger partial charge in [-0.2, -0.15) is 5.26 Å². The van der Waals surface area contributed by atoms with E-state index in [4.69, 9.17) is 18.9 Å². The Balaban J connectivity index is 1.56. The molecular formula is C21H18N2O6. The van der Waals surface area contributed by atoms with Crippen molar-refractivity contribution in [3.05, 3.63) is 53.6 Å². The van der Waals surface area contributed by atoms with E-state index in [9.17, 15) is 14.9 Å². The topological polar surface area (TPSA) is 107 Å². The lowest BCUT2D eigenvalue weighted by Crippen LogP contribution is -2.21. The molecule has 0 saturated carbocycles. The number of esters is 1. The van der Waals surface area contributed by atoms with Crippen molar-refractivity contribution in [2.75, 3.05) is 32.2 Å². The minimum absolute atomic E-state index is 0.220. The van der Waals surface area contributed by atoms with Gasteiger partial charge in [0.2, 0.25) is 0 Å². The predicted molar refractivity (Wildman–Crippen MR) is 104 cm³/mol. The quantitative estimate of drug-likeness (QED) is 0.456. The second kappa shape index (κ2) is 9.28. The molecule has 0 fully saturated rings. The molecule has 1 aliphatic heterocycles. The Morgan fingerprint density at radius 2 is 1.86 bits per heavy atom. The Hall–Kier alpha value is -3.99. The molecule has 0 aromatic heterocycles. The van der Waals surface area contributed by atoms with Crippen LogP contribution in [0.3, 0.4) is 0 Å². The van der Waals surface area contributed by atoms with Crippen LogP contribution in [-0.4, -0.2) is 38.8 Å². The molecule has 1 N–H and O–H groups in total. The van der Waals surface area contributed by atoms with Crippen LogP contribution in [0.5, 0.6) is 17.2 Å². The van der Waals surface area contributed by atoms with Gasteiger partial charge in [0.15, 0.2) is 18.1 Å². The van der Waals surface area contributed by atoms with Crippen LogP contribution in [0, 0.1) is 11.3 Å². The lowest BCUT2D eigenvalue weighted by Gasteiger charge is -2.19. The lowest BCUT2D eigenvalue weighted by atomic mass is 10.1. The highest BCUT2D eigenvalue weighted by molar-refractivity contribution is 6.00. The van der Waals surface area contributed by atoms with Crippen LogP contribution in [0.4, 0.5) is 5.69 Å². The normalized spacial score (nSPS) is 12.5. The molecule has 1 aliphatic rings. The number of hydrogen-bond acceptors (Lipinski definition) is 7. The summed E-state index contributed by atoms with van der Waals surface area (Å²) in [5, 5.41) is 11.8. The van der Waals surface area contributed by atoms with Gasteiger partial charge in [-0.05, 0) is 35.9 Å². The fraction of sp³-hybridized carbons (Fsp3) is 0.190. The largest absolute Gasteiger partial charge is 0.497 e. The fourth-order valence-electron chi connectivity index (χ4n) is 2.53. The van der Waals surface area contributed by atoms with Gasteiger partial charge in [-0.25, -0.2) is 4.79 Å². The van der Waals surface area contributed by atoms with E-state index in [1.54, 1.807) is 55.6 Å². The van der Waals surface area contributed by atoms with Crippen LogP contribution < -0.4 is 19.5 Å². The molecule has 1 amide bonds. The summed E-state index contributed by atoms with van der Waals surface area (Å²) in [6.07, 6.45) is 1.38. The first-order valence-electron chi connectivity index (χ1n) is 8.71. The molecule has 0 radical (unpaired) electrons. The van der Waals surface area contributed by atoms with Crippen molar-refractivity contribution >= 4 is 23.6 Å². The van der Waals surface area contributed by atoms with Crippen molar-refractivity contribution in [2.45, 2.75) is 0 Å². The fourth-order valence-corrected chi connectivity index (χ4v) is 2.53. The van der Waals surface area contributed by atoms with Crippen LogP contribution in [-0.2, 0) is 14.3 Å². The maximum atomic E-state index is 12.1. The molecule has 0 spiro atoms. The van der Waals surface area contributed by atoms with Gasteiger partial charge in [0, 0.05) is 11.8 Å². The van der Waals surface area contributed by atoms with E-state index in [0.29, 0.717) is 41.7 Å². The van der Waals surface area contributed by atoms with Gasteiger partial charge in [-0.1, -0.05) is 12.1 Å². The Morgan fingerprint density at radius 1 is 1.14 bits per heavy atom. The smallest absolute Gasteiger partial charge is 0.349 e. The molecule has 0 atom stereocenters. The second-order valence-electron chi connectivity index (χ2n) is 5.93. The number of benzene rings is 2. The van der Waals surface area contributed by atoms with Gasteiger partial charge < -0.3 is 24.3 Å². The Kier molecular flexibility index (Phi) is 6.32. The molecule has 0 unspecified atom stereocenters. The Morgan fingerprint density at radius 3 is 2.55 bits per heavy atom. The first-order chi connectivity index (χ1) is 14.1. The second-order valence-corrected chi connectivity index (χ2v) is 5.93. The number of anilines is 1. The molecule has 3 rings (SSSR count). The van der Waals surface area contributed by atoms with Gasteiger partial charge in [-0.15, -0.1) is 0 Å². The maximum Gasteiger partial charge on any atom is 0.349 e. The number of carbonyl (C=O) groups is 2. The van der Waals surface area contributed by atoms with E-state index >= 15 is 0 Å². The number of nitriles is 1. The number of amides is 1. The van der Waals surface area contributed by atoms with Crippen molar-refractivity contribution < 1.29 is 28.5 Å². The van der Waals surface area contributed by atoms with Crippen LogP contribution in [0.25, 0.3) is 6.08 Å². The summed E-state index contributed by atoms with van der Waals surface area (Å²) in [6, 6.07) is 13.5. The first-order valence-corrected chi connectivity index (χ1v) is 8.71. The van der Waals surface area contributed by atoms with Crippen LogP contribution in [0.1, 0.15) is 5.56 Å². The summed E-state index contributed by atoms with van der Waals surface area (Å²) in [6.45, 7) is 0.369. The van der Waals surface area contributed by atoms with Crippen molar-refractivity contribution in [1.82, 2.24) is 0 Å². The molecule has 2 aromatic carbocycles. The van der Waals surface area contributed by atoms with Gasteiger partial charge in [0.05, 0.1) is 7.11 Å². The molecule has 8 heteroatoms. The number of hydrogen-bond donors (Lipinski definition) is 1. The van der Waals surface area contributed by atoms with Crippen molar-refractivity contribution in [3.63, 3.8) is 0 Å². The van der Waals surface area contributed by atoms with Crippen molar-refractivity contribution in [2.24, 2.45) is 0 Å². The zero-order valence-electron chi connectivity index (χ0n) is 15.6. The molecule has 8 nitrogen and oxygen atoms in total. The highest BCUT2D eigenvalue weighted by atomic mass is 16.6. The van der Waals surface area contributed by atoms with Crippen LogP contribution in [0.15, 0.2) is 48.0 Å². The number of ether oxygens (including phenoxy) is 4. The number of fused-ring (bicyclic) bond motifs is 1. The van der Waals surface area contributed by atoms with E-state index in [1.807, 2.05) is 0 Å². The zero-order chi connectivity index (χ0) is 20.6. The van der Waals surface area contributed by atoms with Gasteiger partial charge in [-0.3, -0.25) is 4.79 Å². The number of nitrogens with one attached hydrogen (secondary N) is 1. The number of nitrogens with zero attached hydrogens (tertiary/aromatic N) is 1. The SMILES string of the molecule is COc1ccc(C=C(C#N)C(=O)OCC(=O)Nc2ccc3c(c2)OCCO3)cc1. The molecule has 0 bridgehead atoms. The van der Waals surface area contributed by atoms with Crippen LogP contribution >= 0.6 is 0 Å². The number of carbonyl (C=O) groups excluding carboxylic acids is 2. The van der Waals surface area contributed by atoms with E-state index in [1.165, 1.54) is 6.08 Å². The number of rotatable bonds is 6. The molecule has 0 aliphatic carbocycles. The lowest BCUT2D eigenvalue weighted by molar-refractivity contribution is -0.142. The van der Waals surface area contributed by atoms with Gasteiger partial charge in [0.1, 0.15) is 30.6 Å². The monoisotopic (exact) mass is 394 g/mol. The number of methoxy groups -OCH3 is 1. The molecule has 29 heavy (non-hydrogen) atoms. The third kappa shape index (κ3) is 5.26. The third-order valence-electron chi connectivity index (χ3n) is 3.93. The summed E-state index contributed by atoms with van der Waals surface area (Å²) in [5.74, 6) is 0.347. The van der Waals surface area contributed by atoms with Crippen molar-refractivity contribution in [1.29, 1.82) is 5.26 Å². The van der Waals surface area contributed by atoms with E-state index < -0.39 is 18.5 Å². The minimum Gasteiger partial charge on any atom is -0.497 e. The molecule has 0 saturated heterocycles. The third-order valence-corrected chi connectivity index (χ3v) is 3.93. The van der Waals surface area contributed by atoms with E-state index in [-0.39, 0.29) is 5.57 Å². The summed E-state index contributed by atoms with van der Waals surface area (Å²) in [5.41, 5.74) is 0.881. The molecular weight excluding hydrogens is 376 g/mol. The molecule has 148 valence electrons. The summed E-state index contributed by atoms with van der Waals surface area (Å²) in [7, 11) is 1.54. The predicted octanol–water partition coefficient (Wildman–Crippen LogP) is 2.56. The van der Waals surface area contributed by atoms with Gasteiger partial charge >= 0.3 is 5.97 Å². The highest BCUT2D eigenvalue weighted by Crippen LogP contribution is 2.32. The van der Waals surface area contributed by atoms with E-state index in [0.717, 1.165) is 0 Å². The Bertz CT molecular complexity index is 976. The summed E-state index contributed by atoms with van der Waals surface area (Å²) < 4.78 is 20.9. The minimum atomic E-state index is -0.888. The summed E-state index contributed by atoms with van der Waals surface area (Å²) in [4.78, 5) is 24.1. The van der Waals surface area contributed by atoms with E-state index in [2.05, 4.69) is 5.32 Å².